The van der Waals surface area contributed by atoms with Crippen molar-refractivity contribution in [2.75, 3.05) is 5.32 Å². The van der Waals surface area contributed by atoms with Gasteiger partial charge in [0.25, 0.3) is 0 Å². The zero-order valence-electron chi connectivity index (χ0n) is 10.0. The maximum Gasteiger partial charge on any atom is 0.210 e. The first-order chi connectivity index (χ1) is 8.02. The smallest absolute Gasteiger partial charge is 0.210 e. The molecule has 1 aromatic rings. The Morgan fingerprint density at radius 1 is 1.47 bits per heavy atom. The molecule has 0 saturated heterocycles. The van der Waals surface area contributed by atoms with Crippen molar-refractivity contribution in [3.05, 3.63) is 29.8 Å². The van der Waals surface area contributed by atoms with Gasteiger partial charge in [-0.3, -0.25) is 4.79 Å². The summed E-state index contributed by atoms with van der Waals surface area (Å²) in [6, 6.07) is 7.86. The van der Waals surface area contributed by atoms with Crippen molar-refractivity contribution >= 4 is 29.4 Å². The molecule has 0 aliphatic heterocycles. The molecule has 1 amide bonds. The van der Waals surface area contributed by atoms with Gasteiger partial charge in [-0.15, -0.1) is 0 Å². The summed E-state index contributed by atoms with van der Waals surface area (Å²) in [5.41, 5.74) is 7.29. The van der Waals surface area contributed by atoms with Crippen LogP contribution < -0.4 is 11.1 Å². The zero-order valence-corrected chi connectivity index (χ0v) is 10.8. The number of hydrogen-bond donors (Lipinski definition) is 2. The third kappa shape index (κ3) is 4.40. The highest BCUT2D eigenvalue weighted by atomic mass is 32.1. The van der Waals surface area contributed by atoms with Crippen molar-refractivity contribution in [1.29, 1.82) is 0 Å². The second kappa shape index (κ2) is 6.20. The number of carbonyl (C=O) groups excluding carboxylic acids is 1. The fourth-order valence-electron chi connectivity index (χ4n) is 1.39. The number of anilines is 1. The Morgan fingerprint density at radius 3 is 2.47 bits per heavy atom. The number of rotatable bonds is 5. The second-order valence-electron chi connectivity index (χ2n) is 4.06. The molecule has 0 saturated carbocycles. The normalized spacial score (nSPS) is 10.1. The van der Waals surface area contributed by atoms with Crippen LogP contribution in [0.15, 0.2) is 24.3 Å². The first kappa shape index (κ1) is 13.4. The van der Waals surface area contributed by atoms with Crippen LogP contribution in [-0.4, -0.2) is 22.5 Å². The lowest BCUT2D eigenvalue weighted by Crippen LogP contribution is -2.28. The van der Waals surface area contributed by atoms with Crippen LogP contribution in [0.5, 0.6) is 0 Å². The standard InChI is InChI=1S/C12H17N3OS/c1-9(2)15(8-16)7-10-3-5-11(6-4-10)14-12(13)17/h3-6,8-9H,7H2,1-2H3,(H3,13,14,17). The molecule has 1 rings (SSSR count). The molecule has 5 heteroatoms. The Kier molecular flexibility index (Phi) is 4.90. The predicted molar refractivity (Wildman–Crippen MR) is 73.6 cm³/mol. The van der Waals surface area contributed by atoms with Gasteiger partial charge in [0.05, 0.1) is 0 Å². The van der Waals surface area contributed by atoms with Crippen LogP contribution in [0.4, 0.5) is 5.69 Å². The lowest BCUT2D eigenvalue weighted by molar-refractivity contribution is -0.120. The predicted octanol–water partition coefficient (Wildman–Crippen LogP) is 1.71. The van der Waals surface area contributed by atoms with E-state index >= 15 is 0 Å². The average molecular weight is 251 g/mol. The average Bonchev–Trinajstić information content (AvgIpc) is 2.26. The highest BCUT2D eigenvalue weighted by molar-refractivity contribution is 7.80. The van der Waals surface area contributed by atoms with Crippen molar-refractivity contribution < 1.29 is 4.79 Å². The monoisotopic (exact) mass is 251 g/mol. The van der Waals surface area contributed by atoms with Gasteiger partial charge in [-0.05, 0) is 43.8 Å². The van der Waals surface area contributed by atoms with E-state index in [1.54, 1.807) is 4.90 Å². The van der Waals surface area contributed by atoms with E-state index < -0.39 is 0 Å². The van der Waals surface area contributed by atoms with E-state index in [2.05, 4.69) is 5.32 Å². The molecule has 0 spiro atoms. The molecule has 0 heterocycles. The minimum Gasteiger partial charge on any atom is -0.376 e. The summed E-state index contributed by atoms with van der Waals surface area (Å²) in [7, 11) is 0. The van der Waals surface area contributed by atoms with Crippen molar-refractivity contribution in [3.8, 4) is 0 Å². The Morgan fingerprint density at radius 2 is 2.06 bits per heavy atom. The highest BCUT2D eigenvalue weighted by Gasteiger charge is 2.06. The van der Waals surface area contributed by atoms with Crippen molar-refractivity contribution in [2.45, 2.75) is 26.4 Å². The Labute approximate surface area is 107 Å². The molecule has 92 valence electrons. The summed E-state index contributed by atoms with van der Waals surface area (Å²) in [5.74, 6) is 0. The van der Waals surface area contributed by atoms with Crippen LogP contribution >= 0.6 is 12.2 Å². The first-order valence-electron chi connectivity index (χ1n) is 5.39. The summed E-state index contributed by atoms with van der Waals surface area (Å²) in [4.78, 5) is 12.6. The molecule has 17 heavy (non-hydrogen) atoms. The number of nitrogens with one attached hydrogen (secondary N) is 1. The number of thiocarbonyl (C=S) groups is 1. The molecule has 0 aliphatic carbocycles. The van der Waals surface area contributed by atoms with Gasteiger partial charge in [-0.2, -0.15) is 0 Å². The molecule has 0 atom stereocenters. The lowest BCUT2D eigenvalue weighted by Gasteiger charge is -2.21. The van der Waals surface area contributed by atoms with Gasteiger partial charge < -0.3 is 16.0 Å². The molecule has 0 unspecified atom stereocenters. The summed E-state index contributed by atoms with van der Waals surface area (Å²) in [6.07, 6.45) is 0.867. The van der Waals surface area contributed by atoms with Gasteiger partial charge in [-0.1, -0.05) is 12.1 Å². The lowest BCUT2D eigenvalue weighted by atomic mass is 10.2. The van der Waals surface area contributed by atoms with Gasteiger partial charge in [0.15, 0.2) is 5.11 Å². The molecule has 0 radical (unpaired) electrons. The maximum absolute atomic E-state index is 10.8. The van der Waals surface area contributed by atoms with E-state index in [-0.39, 0.29) is 11.2 Å². The van der Waals surface area contributed by atoms with Gasteiger partial charge in [0, 0.05) is 18.3 Å². The number of nitrogens with zero attached hydrogens (tertiary/aromatic N) is 1. The van der Waals surface area contributed by atoms with Crippen LogP contribution in [0, 0.1) is 0 Å². The first-order valence-corrected chi connectivity index (χ1v) is 5.80. The van der Waals surface area contributed by atoms with Crippen LogP contribution in [0.3, 0.4) is 0 Å². The fraction of sp³-hybridized carbons (Fsp3) is 0.333. The minimum atomic E-state index is 0.196. The second-order valence-corrected chi connectivity index (χ2v) is 4.50. The molecular weight excluding hydrogens is 234 g/mol. The van der Waals surface area contributed by atoms with E-state index in [0.717, 1.165) is 17.7 Å². The number of carbonyl (C=O) groups is 1. The van der Waals surface area contributed by atoms with Crippen LogP contribution in [-0.2, 0) is 11.3 Å². The summed E-state index contributed by atoms with van der Waals surface area (Å²) < 4.78 is 0. The third-order valence-electron chi connectivity index (χ3n) is 2.39. The zero-order chi connectivity index (χ0) is 12.8. The Hall–Kier alpha value is -1.62. The molecule has 3 N–H and O–H groups in total. The van der Waals surface area contributed by atoms with Gasteiger partial charge in [0.2, 0.25) is 6.41 Å². The number of benzene rings is 1. The minimum absolute atomic E-state index is 0.196. The molecule has 0 bridgehead atoms. The number of amides is 1. The summed E-state index contributed by atoms with van der Waals surface area (Å²) in [6.45, 7) is 4.57. The van der Waals surface area contributed by atoms with Crippen molar-refractivity contribution in [1.82, 2.24) is 4.90 Å². The topological polar surface area (TPSA) is 58.4 Å². The largest absolute Gasteiger partial charge is 0.376 e. The van der Waals surface area contributed by atoms with Crippen molar-refractivity contribution in [3.63, 3.8) is 0 Å². The Balaban J connectivity index is 2.67. The SMILES string of the molecule is CC(C)N(C=O)Cc1ccc(NC(N)=S)cc1. The number of nitrogens with two attached hydrogens (primary N) is 1. The van der Waals surface area contributed by atoms with E-state index in [1.165, 1.54) is 0 Å². The molecule has 0 aliphatic rings. The quantitative estimate of drug-likeness (QED) is 0.618. The summed E-state index contributed by atoms with van der Waals surface area (Å²) >= 11 is 4.75. The number of hydrogen-bond acceptors (Lipinski definition) is 2. The van der Waals surface area contributed by atoms with Crippen LogP contribution in [0.25, 0.3) is 0 Å². The van der Waals surface area contributed by atoms with Gasteiger partial charge in [0.1, 0.15) is 0 Å². The fourth-order valence-corrected chi connectivity index (χ4v) is 1.51. The van der Waals surface area contributed by atoms with E-state index in [4.69, 9.17) is 18.0 Å². The van der Waals surface area contributed by atoms with E-state index in [0.29, 0.717) is 6.54 Å². The highest BCUT2D eigenvalue weighted by Crippen LogP contribution is 2.11. The molecule has 0 fully saturated rings. The maximum atomic E-state index is 10.8. The molecular formula is C12H17N3OS. The van der Waals surface area contributed by atoms with Crippen LogP contribution in [0.2, 0.25) is 0 Å². The van der Waals surface area contributed by atoms with Crippen LogP contribution in [0.1, 0.15) is 19.4 Å². The van der Waals surface area contributed by atoms with E-state index in [9.17, 15) is 4.79 Å². The molecule has 1 aromatic carbocycles. The molecule has 4 nitrogen and oxygen atoms in total. The van der Waals surface area contributed by atoms with Crippen molar-refractivity contribution in [2.24, 2.45) is 5.73 Å². The summed E-state index contributed by atoms with van der Waals surface area (Å²) in [5, 5.41) is 3.09. The van der Waals surface area contributed by atoms with Gasteiger partial charge in [-0.25, -0.2) is 0 Å². The Bertz CT molecular complexity index is 389. The van der Waals surface area contributed by atoms with Gasteiger partial charge >= 0.3 is 0 Å². The third-order valence-corrected chi connectivity index (χ3v) is 2.49. The molecule has 0 aromatic heterocycles. The van der Waals surface area contributed by atoms with E-state index in [1.807, 2.05) is 38.1 Å².